The number of likely N-dealkylation sites (tertiary alicyclic amines) is 1. The van der Waals surface area contributed by atoms with Crippen LogP contribution < -0.4 is 0 Å². The fourth-order valence-corrected chi connectivity index (χ4v) is 6.10. The molecule has 3 fully saturated rings. The summed E-state index contributed by atoms with van der Waals surface area (Å²) < 4.78 is 29.0. The van der Waals surface area contributed by atoms with Gasteiger partial charge in [-0.1, -0.05) is 0 Å². The van der Waals surface area contributed by atoms with Gasteiger partial charge in [0.05, 0.1) is 11.9 Å². The van der Waals surface area contributed by atoms with Gasteiger partial charge in [0.1, 0.15) is 18.0 Å². The summed E-state index contributed by atoms with van der Waals surface area (Å²) in [5, 5.41) is 5.55. The van der Waals surface area contributed by atoms with Crippen LogP contribution >= 0.6 is 0 Å². The molecule has 7 rings (SSSR count). The van der Waals surface area contributed by atoms with E-state index in [-0.39, 0.29) is 23.6 Å². The molecule has 1 radical (unpaired) electrons. The van der Waals surface area contributed by atoms with E-state index in [1.165, 1.54) is 12.1 Å². The third-order valence-corrected chi connectivity index (χ3v) is 7.93. The van der Waals surface area contributed by atoms with Crippen LogP contribution in [0.5, 0.6) is 0 Å². The maximum atomic E-state index is 13.7. The summed E-state index contributed by atoms with van der Waals surface area (Å²) in [6, 6.07) is 7.29. The Bertz CT molecular complexity index is 1450. The first-order valence-electron chi connectivity index (χ1n) is 12.2. The van der Waals surface area contributed by atoms with Crippen LogP contribution in [0.4, 0.5) is 8.78 Å². The van der Waals surface area contributed by atoms with E-state index in [2.05, 4.69) is 25.0 Å². The first-order chi connectivity index (χ1) is 17.5. The number of hydrogen-bond acceptors (Lipinski definition) is 5. The second kappa shape index (κ2) is 8.19. The third-order valence-electron chi connectivity index (χ3n) is 7.93. The van der Waals surface area contributed by atoms with Gasteiger partial charge in [0, 0.05) is 60.1 Å². The molecule has 36 heavy (non-hydrogen) atoms. The van der Waals surface area contributed by atoms with E-state index in [9.17, 15) is 13.6 Å². The lowest BCUT2D eigenvalue weighted by atomic mass is 9.92. The van der Waals surface area contributed by atoms with Gasteiger partial charge < -0.3 is 9.88 Å². The van der Waals surface area contributed by atoms with Gasteiger partial charge in [0.2, 0.25) is 0 Å². The Morgan fingerprint density at radius 2 is 1.81 bits per heavy atom. The number of carbonyl (C=O) groups is 1. The van der Waals surface area contributed by atoms with Crippen LogP contribution in [-0.4, -0.2) is 71.7 Å². The molecule has 8 nitrogen and oxygen atoms in total. The molecule has 4 aromatic rings. The summed E-state index contributed by atoms with van der Waals surface area (Å²) in [5.41, 5.74) is 2.84. The Labute approximate surface area is 205 Å². The molecule has 2 bridgehead atoms. The number of amides is 1. The molecule has 1 aromatic carbocycles. The molecule has 10 heteroatoms. The predicted molar refractivity (Wildman–Crippen MR) is 128 cm³/mol. The summed E-state index contributed by atoms with van der Waals surface area (Å²) in [4.78, 5) is 29.3. The van der Waals surface area contributed by atoms with Crippen molar-refractivity contribution in [1.82, 2.24) is 34.5 Å². The van der Waals surface area contributed by atoms with Gasteiger partial charge in [-0.25, -0.2) is 18.7 Å². The van der Waals surface area contributed by atoms with E-state index >= 15 is 0 Å². The van der Waals surface area contributed by atoms with Crippen LogP contribution in [-0.2, 0) is 0 Å². The van der Waals surface area contributed by atoms with Gasteiger partial charge in [-0.05, 0) is 49.9 Å². The van der Waals surface area contributed by atoms with E-state index in [4.69, 9.17) is 0 Å². The third kappa shape index (κ3) is 3.42. The summed E-state index contributed by atoms with van der Waals surface area (Å²) in [6.45, 7) is 1.68. The second-order valence-electron chi connectivity index (χ2n) is 9.96. The Balaban J connectivity index is 1.01. The number of nitrogens with one attached hydrogen (secondary N) is 1. The maximum Gasteiger partial charge on any atom is 0.254 e. The lowest BCUT2D eigenvalue weighted by Crippen LogP contribution is -2.59. The standard InChI is InChI=1S/C26H24F2N7O/c27-22-4-1-15(7-23(22)28)26(36)35-17-2-3-18(35)9-19(8-17)33-12-20(13-33)34-11-16(10-32-34)24-21-5-6-29-25(21)31-14-30-24/h1,4-7,10-11,14,17-19H,2-3,8-9,12-13H2,(H,29,30,31). The van der Waals surface area contributed by atoms with Crippen LogP contribution in [0.1, 0.15) is 36.0 Å². The van der Waals surface area contributed by atoms with Crippen LogP contribution in [0, 0.1) is 17.7 Å². The molecule has 6 heterocycles. The van der Waals surface area contributed by atoms with Gasteiger partial charge in [-0.2, -0.15) is 5.10 Å². The number of H-pyrrole nitrogens is 1. The first kappa shape index (κ1) is 21.6. The Kier molecular flexibility index (Phi) is 4.92. The van der Waals surface area contributed by atoms with Crippen molar-refractivity contribution in [3.8, 4) is 11.3 Å². The van der Waals surface area contributed by atoms with Gasteiger partial charge >= 0.3 is 0 Å². The fourth-order valence-electron chi connectivity index (χ4n) is 6.10. The highest BCUT2D eigenvalue weighted by Crippen LogP contribution is 2.41. The van der Waals surface area contributed by atoms with Crippen molar-refractivity contribution in [3.05, 3.63) is 72.4 Å². The highest BCUT2D eigenvalue weighted by molar-refractivity contribution is 5.95. The molecule has 2 atom stereocenters. The number of nitrogens with zero attached hydrogens (tertiary/aromatic N) is 6. The number of carbonyl (C=O) groups excluding carboxylic acids is 1. The highest BCUT2D eigenvalue weighted by Gasteiger charge is 2.47. The number of piperidine rings is 1. The molecule has 2 unspecified atom stereocenters. The molecule has 3 aliphatic heterocycles. The molecule has 1 amide bonds. The van der Waals surface area contributed by atoms with E-state index in [1.54, 1.807) is 6.33 Å². The van der Waals surface area contributed by atoms with Gasteiger partial charge in [-0.3, -0.25) is 14.4 Å². The van der Waals surface area contributed by atoms with Crippen LogP contribution in [0.15, 0.2) is 49.2 Å². The zero-order chi connectivity index (χ0) is 24.4. The first-order valence-corrected chi connectivity index (χ1v) is 12.2. The normalized spacial score (nSPS) is 24.4. The van der Waals surface area contributed by atoms with E-state index in [1.807, 2.05) is 34.2 Å². The van der Waals surface area contributed by atoms with Crippen molar-refractivity contribution in [3.63, 3.8) is 0 Å². The Morgan fingerprint density at radius 1 is 1.00 bits per heavy atom. The minimum Gasteiger partial charge on any atom is -0.346 e. The van der Waals surface area contributed by atoms with Gasteiger partial charge in [-0.15, -0.1) is 0 Å². The highest BCUT2D eigenvalue weighted by atomic mass is 19.2. The predicted octanol–water partition coefficient (Wildman–Crippen LogP) is 3.63. The van der Waals surface area contributed by atoms with Crippen molar-refractivity contribution in [2.75, 3.05) is 13.1 Å². The molecule has 0 spiro atoms. The number of benzene rings is 1. The lowest BCUT2D eigenvalue weighted by Gasteiger charge is -2.49. The minimum absolute atomic E-state index is 0.135. The number of fused-ring (bicyclic) bond motifs is 3. The number of aromatic amines is 1. The number of hydrogen-bond donors (Lipinski definition) is 1. The van der Waals surface area contributed by atoms with Crippen molar-refractivity contribution in [2.45, 2.75) is 43.8 Å². The average molecular weight is 489 g/mol. The van der Waals surface area contributed by atoms with Crippen molar-refractivity contribution in [1.29, 1.82) is 0 Å². The maximum absolute atomic E-state index is 13.7. The molecule has 1 N–H and O–H groups in total. The summed E-state index contributed by atoms with van der Waals surface area (Å²) in [6.07, 6.45) is 11.0. The molecular formula is C26H24F2N7O. The lowest BCUT2D eigenvalue weighted by molar-refractivity contribution is 0.0275. The van der Waals surface area contributed by atoms with E-state index in [0.717, 1.165) is 73.2 Å². The summed E-state index contributed by atoms with van der Waals surface area (Å²) in [5.74, 6) is -2.11. The molecule has 3 aliphatic rings. The number of rotatable bonds is 4. The number of halogens is 2. The SMILES string of the molecule is O=C(c1ccc(F)c(F)c1)N1C2CCC1CC(N1C[C](n3cc(-c4ncnc5[nH]ccc45)cn3)C1)C2. The van der Waals surface area contributed by atoms with E-state index in [0.29, 0.717) is 6.04 Å². The van der Waals surface area contributed by atoms with Crippen molar-refractivity contribution >= 4 is 16.9 Å². The molecule has 183 valence electrons. The zero-order valence-electron chi connectivity index (χ0n) is 19.4. The number of aromatic nitrogens is 5. The quantitative estimate of drug-likeness (QED) is 0.474. The second-order valence-corrected chi connectivity index (χ2v) is 9.96. The van der Waals surface area contributed by atoms with Gasteiger partial charge in [0.25, 0.3) is 5.91 Å². The Hall–Kier alpha value is -3.66. The zero-order valence-corrected chi connectivity index (χ0v) is 19.4. The molecule has 3 saturated heterocycles. The molecular weight excluding hydrogens is 464 g/mol. The monoisotopic (exact) mass is 488 g/mol. The summed E-state index contributed by atoms with van der Waals surface area (Å²) >= 11 is 0. The average Bonchev–Trinajstić information content (AvgIpc) is 3.58. The summed E-state index contributed by atoms with van der Waals surface area (Å²) in [7, 11) is 0. The van der Waals surface area contributed by atoms with Gasteiger partial charge in [0.15, 0.2) is 11.6 Å². The minimum atomic E-state index is -0.981. The Morgan fingerprint density at radius 3 is 2.58 bits per heavy atom. The topological polar surface area (TPSA) is 82.9 Å². The van der Waals surface area contributed by atoms with Crippen molar-refractivity contribution < 1.29 is 13.6 Å². The van der Waals surface area contributed by atoms with E-state index < -0.39 is 11.6 Å². The van der Waals surface area contributed by atoms with Crippen LogP contribution in [0.2, 0.25) is 0 Å². The van der Waals surface area contributed by atoms with Crippen LogP contribution in [0.3, 0.4) is 0 Å². The van der Waals surface area contributed by atoms with Crippen LogP contribution in [0.25, 0.3) is 22.3 Å². The molecule has 0 saturated carbocycles. The smallest absolute Gasteiger partial charge is 0.254 e. The largest absolute Gasteiger partial charge is 0.346 e. The molecule has 3 aromatic heterocycles. The van der Waals surface area contributed by atoms with Crippen molar-refractivity contribution in [2.24, 2.45) is 0 Å². The molecule has 0 aliphatic carbocycles. The fraction of sp³-hybridized carbons (Fsp3) is 0.346.